The number of hydrogen-bond acceptors (Lipinski definition) is 3. The molecule has 0 bridgehead atoms. The molecule has 24 heavy (non-hydrogen) atoms. The van der Waals surface area contributed by atoms with Gasteiger partial charge in [-0.25, -0.2) is 0 Å². The quantitative estimate of drug-likeness (QED) is 0.871. The van der Waals surface area contributed by atoms with Crippen molar-refractivity contribution in [3.8, 4) is 0 Å². The normalized spacial score (nSPS) is 20.4. The van der Waals surface area contributed by atoms with Crippen LogP contribution in [-0.2, 0) is 11.3 Å². The first kappa shape index (κ1) is 17.4. The van der Waals surface area contributed by atoms with Gasteiger partial charge in [-0.2, -0.15) is 0 Å². The molecule has 1 saturated heterocycles. The maximum Gasteiger partial charge on any atom is 0.251 e. The van der Waals surface area contributed by atoms with Crippen molar-refractivity contribution < 1.29 is 9.53 Å². The molecule has 0 radical (unpaired) electrons. The summed E-state index contributed by atoms with van der Waals surface area (Å²) < 4.78 is 5.14. The number of methoxy groups -OCH3 is 1. The molecule has 1 aliphatic carbocycles. The number of carbonyl (C=O) groups excluding carboxylic acids is 1. The number of amides is 1. The molecule has 0 spiro atoms. The Bertz CT molecular complexity index is 532. The smallest absolute Gasteiger partial charge is 0.251 e. The molecular weight excluding hydrogens is 300 g/mol. The first-order valence-corrected chi connectivity index (χ1v) is 9.35. The number of rotatable bonds is 6. The van der Waals surface area contributed by atoms with Crippen molar-refractivity contribution in [2.75, 3.05) is 26.7 Å². The van der Waals surface area contributed by atoms with E-state index in [1.165, 1.54) is 32.2 Å². The van der Waals surface area contributed by atoms with E-state index in [1.54, 1.807) is 7.11 Å². The average Bonchev–Trinajstić information content (AvgIpc) is 3.10. The molecule has 1 heterocycles. The molecule has 1 aromatic rings. The number of benzene rings is 1. The monoisotopic (exact) mass is 330 g/mol. The number of nitrogens with zero attached hydrogens (tertiary/aromatic N) is 1. The lowest BCUT2D eigenvalue weighted by molar-refractivity contribution is 0.0905. The highest BCUT2D eigenvalue weighted by molar-refractivity contribution is 5.94. The Labute approximate surface area is 145 Å². The van der Waals surface area contributed by atoms with Gasteiger partial charge in [0.1, 0.15) is 0 Å². The van der Waals surface area contributed by atoms with Crippen LogP contribution in [0.25, 0.3) is 0 Å². The Balaban J connectivity index is 1.45. The van der Waals surface area contributed by atoms with Gasteiger partial charge in [0.15, 0.2) is 0 Å². The van der Waals surface area contributed by atoms with Crippen LogP contribution in [0.2, 0.25) is 0 Å². The van der Waals surface area contributed by atoms with Gasteiger partial charge in [0.2, 0.25) is 0 Å². The zero-order chi connectivity index (χ0) is 16.8. The van der Waals surface area contributed by atoms with E-state index in [2.05, 4.69) is 10.2 Å². The van der Waals surface area contributed by atoms with Crippen molar-refractivity contribution in [3.63, 3.8) is 0 Å². The Morgan fingerprint density at radius 3 is 2.67 bits per heavy atom. The molecule has 0 unspecified atom stereocenters. The highest BCUT2D eigenvalue weighted by atomic mass is 16.5. The number of piperidine rings is 1. The van der Waals surface area contributed by atoms with Crippen molar-refractivity contribution in [2.45, 2.75) is 51.2 Å². The second-order valence-electron chi connectivity index (χ2n) is 7.33. The van der Waals surface area contributed by atoms with Crippen LogP contribution in [-0.4, -0.2) is 43.6 Å². The van der Waals surface area contributed by atoms with Crippen LogP contribution in [0.3, 0.4) is 0 Å². The van der Waals surface area contributed by atoms with Crippen LogP contribution in [0.4, 0.5) is 0 Å². The summed E-state index contributed by atoms with van der Waals surface area (Å²) in [6, 6.07) is 8.02. The van der Waals surface area contributed by atoms with Crippen molar-refractivity contribution >= 4 is 5.91 Å². The van der Waals surface area contributed by atoms with E-state index in [0.717, 1.165) is 43.0 Å². The van der Waals surface area contributed by atoms with Crippen molar-refractivity contribution in [1.29, 1.82) is 0 Å². The van der Waals surface area contributed by atoms with Gasteiger partial charge in [0.05, 0.1) is 6.61 Å². The first-order chi connectivity index (χ1) is 11.7. The van der Waals surface area contributed by atoms with Gasteiger partial charge < -0.3 is 15.0 Å². The molecule has 1 N–H and O–H groups in total. The minimum atomic E-state index is 0.0437. The minimum absolute atomic E-state index is 0.0437. The Morgan fingerprint density at radius 2 is 1.96 bits per heavy atom. The standard InChI is InChI=1S/C20H30N2O2/c1-24-15-17-7-4-8-18(13-17)20(23)21-19-9-11-22(12-10-19)14-16-5-2-3-6-16/h4,7-8,13,16,19H,2-3,5-6,9-12,14-15H2,1H3,(H,21,23). The zero-order valence-corrected chi connectivity index (χ0v) is 14.8. The fourth-order valence-electron chi connectivity index (χ4n) is 4.06. The number of hydrogen-bond donors (Lipinski definition) is 1. The minimum Gasteiger partial charge on any atom is -0.380 e. The molecule has 2 fully saturated rings. The number of nitrogens with one attached hydrogen (secondary N) is 1. The van der Waals surface area contributed by atoms with Crippen LogP contribution >= 0.6 is 0 Å². The van der Waals surface area contributed by atoms with Crippen molar-refractivity contribution in [2.24, 2.45) is 5.92 Å². The summed E-state index contributed by atoms with van der Waals surface area (Å²) >= 11 is 0. The largest absolute Gasteiger partial charge is 0.380 e. The predicted octanol–water partition coefficient (Wildman–Crippen LogP) is 3.22. The zero-order valence-electron chi connectivity index (χ0n) is 14.8. The van der Waals surface area contributed by atoms with E-state index < -0.39 is 0 Å². The van der Waals surface area contributed by atoms with Crippen LogP contribution in [0.1, 0.15) is 54.4 Å². The average molecular weight is 330 g/mol. The fraction of sp³-hybridized carbons (Fsp3) is 0.650. The Kier molecular flexibility index (Phi) is 6.27. The molecule has 1 aromatic carbocycles. The lowest BCUT2D eigenvalue weighted by Gasteiger charge is -2.33. The number of carbonyl (C=O) groups is 1. The van der Waals surface area contributed by atoms with E-state index >= 15 is 0 Å². The summed E-state index contributed by atoms with van der Waals surface area (Å²) in [5.74, 6) is 0.960. The molecule has 1 aliphatic heterocycles. The molecule has 0 atom stereocenters. The van der Waals surface area contributed by atoms with Gasteiger partial charge in [-0.1, -0.05) is 25.0 Å². The van der Waals surface area contributed by atoms with Crippen LogP contribution in [0, 0.1) is 5.92 Å². The van der Waals surface area contributed by atoms with Gasteiger partial charge in [-0.15, -0.1) is 0 Å². The van der Waals surface area contributed by atoms with Gasteiger partial charge >= 0.3 is 0 Å². The van der Waals surface area contributed by atoms with Gasteiger partial charge in [-0.05, 0) is 49.3 Å². The van der Waals surface area contributed by atoms with Crippen LogP contribution in [0.5, 0.6) is 0 Å². The molecule has 1 saturated carbocycles. The summed E-state index contributed by atoms with van der Waals surface area (Å²) in [6.07, 6.45) is 7.79. The first-order valence-electron chi connectivity index (χ1n) is 9.35. The van der Waals surface area contributed by atoms with E-state index in [-0.39, 0.29) is 5.91 Å². The molecule has 4 nitrogen and oxygen atoms in total. The van der Waals surface area contributed by atoms with Crippen molar-refractivity contribution in [1.82, 2.24) is 10.2 Å². The summed E-state index contributed by atoms with van der Waals surface area (Å²) in [5.41, 5.74) is 1.77. The van der Waals surface area contributed by atoms with E-state index in [1.807, 2.05) is 24.3 Å². The van der Waals surface area contributed by atoms with Crippen molar-refractivity contribution in [3.05, 3.63) is 35.4 Å². The Hall–Kier alpha value is -1.39. The maximum absolute atomic E-state index is 12.5. The highest BCUT2D eigenvalue weighted by Crippen LogP contribution is 2.26. The van der Waals surface area contributed by atoms with E-state index in [9.17, 15) is 4.79 Å². The second kappa shape index (κ2) is 8.63. The van der Waals surface area contributed by atoms with E-state index in [4.69, 9.17) is 4.74 Å². The maximum atomic E-state index is 12.5. The molecule has 0 aromatic heterocycles. The molecular formula is C20H30N2O2. The summed E-state index contributed by atoms with van der Waals surface area (Å²) in [7, 11) is 1.67. The third-order valence-electron chi connectivity index (χ3n) is 5.41. The second-order valence-corrected chi connectivity index (χ2v) is 7.33. The third kappa shape index (κ3) is 4.81. The highest BCUT2D eigenvalue weighted by Gasteiger charge is 2.24. The van der Waals surface area contributed by atoms with E-state index in [0.29, 0.717) is 12.6 Å². The van der Waals surface area contributed by atoms with Gasteiger partial charge in [-0.3, -0.25) is 4.79 Å². The molecule has 4 heteroatoms. The summed E-state index contributed by atoms with van der Waals surface area (Å²) in [5, 5.41) is 3.21. The summed E-state index contributed by atoms with van der Waals surface area (Å²) in [6.45, 7) is 4.04. The predicted molar refractivity (Wildman–Crippen MR) is 96.0 cm³/mol. The molecule has 132 valence electrons. The third-order valence-corrected chi connectivity index (χ3v) is 5.41. The SMILES string of the molecule is COCc1cccc(C(=O)NC2CCN(CC3CCCC3)CC2)c1. The van der Waals surface area contributed by atoms with Crippen LogP contribution in [0.15, 0.2) is 24.3 Å². The lowest BCUT2D eigenvalue weighted by atomic mass is 10.0. The lowest BCUT2D eigenvalue weighted by Crippen LogP contribution is -2.45. The van der Waals surface area contributed by atoms with Gasteiger partial charge in [0.25, 0.3) is 5.91 Å². The fourth-order valence-corrected chi connectivity index (χ4v) is 4.06. The van der Waals surface area contributed by atoms with Crippen LogP contribution < -0.4 is 5.32 Å². The topological polar surface area (TPSA) is 41.6 Å². The molecule has 1 amide bonds. The number of likely N-dealkylation sites (tertiary alicyclic amines) is 1. The van der Waals surface area contributed by atoms with Gasteiger partial charge in [0, 0.05) is 38.3 Å². The number of ether oxygens (including phenoxy) is 1. The Morgan fingerprint density at radius 1 is 1.21 bits per heavy atom. The summed E-state index contributed by atoms with van der Waals surface area (Å²) in [4.78, 5) is 15.1. The molecule has 3 rings (SSSR count). The molecule has 2 aliphatic rings.